The van der Waals surface area contributed by atoms with E-state index in [0.717, 1.165) is 46.7 Å². The summed E-state index contributed by atoms with van der Waals surface area (Å²) in [5.41, 5.74) is 4.44. The molecule has 0 bridgehead atoms. The van der Waals surface area contributed by atoms with Crippen LogP contribution in [0.2, 0.25) is 10.0 Å². The number of hydrogen-bond donors (Lipinski definition) is 1. The number of anilines is 1. The summed E-state index contributed by atoms with van der Waals surface area (Å²) in [6.07, 6.45) is 1.84. The van der Waals surface area contributed by atoms with Crippen LogP contribution in [0.4, 0.5) is 10.5 Å². The monoisotopic (exact) mass is 493 g/mol. The predicted molar refractivity (Wildman–Crippen MR) is 137 cm³/mol. The van der Waals surface area contributed by atoms with Crippen LogP contribution in [-0.4, -0.2) is 28.9 Å². The number of ether oxygens (including phenoxy) is 1. The molecule has 3 aromatic carbocycles. The highest BCUT2D eigenvalue weighted by molar-refractivity contribution is 6.31. The normalized spacial score (nSPS) is 18.6. The molecule has 1 atom stereocenters. The highest BCUT2D eigenvalue weighted by Gasteiger charge is 2.33. The lowest BCUT2D eigenvalue weighted by Crippen LogP contribution is -2.33. The van der Waals surface area contributed by atoms with Gasteiger partial charge in [0.2, 0.25) is 0 Å². The van der Waals surface area contributed by atoms with Gasteiger partial charge in [-0.3, -0.25) is 0 Å². The Morgan fingerprint density at radius 2 is 1.71 bits per heavy atom. The van der Waals surface area contributed by atoms with E-state index in [1.165, 1.54) is 5.01 Å². The molecule has 5 rings (SSSR count). The van der Waals surface area contributed by atoms with Crippen molar-refractivity contribution in [3.63, 3.8) is 0 Å². The second-order valence-electron chi connectivity index (χ2n) is 9.29. The summed E-state index contributed by atoms with van der Waals surface area (Å²) in [4.78, 5) is 13.2. The number of carbonyl (C=O) groups excluding carboxylic acids is 1. The van der Waals surface area contributed by atoms with E-state index >= 15 is 0 Å². The Labute approximate surface area is 209 Å². The molecule has 0 fully saturated rings. The molecule has 2 aliphatic rings. The number of urea groups is 1. The Kier molecular flexibility index (Phi) is 6.00. The summed E-state index contributed by atoms with van der Waals surface area (Å²) in [6.45, 7) is 4.60. The zero-order valence-corrected chi connectivity index (χ0v) is 20.5. The third-order valence-corrected chi connectivity index (χ3v) is 6.76. The molecule has 2 heterocycles. The lowest BCUT2D eigenvalue weighted by atomic mass is 9.91. The number of carbonyl (C=O) groups is 1. The van der Waals surface area contributed by atoms with Crippen LogP contribution in [0.3, 0.4) is 0 Å². The maximum absolute atomic E-state index is 13.2. The van der Waals surface area contributed by atoms with Crippen LogP contribution in [-0.2, 0) is 6.42 Å². The van der Waals surface area contributed by atoms with Crippen LogP contribution in [0.25, 0.3) is 0 Å². The molecular formula is C27H25Cl2N3O2. The van der Waals surface area contributed by atoms with Crippen molar-refractivity contribution in [3.05, 3.63) is 93.5 Å². The van der Waals surface area contributed by atoms with Crippen molar-refractivity contribution in [2.24, 2.45) is 5.10 Å². The van der Waals surface area contributed by atoms with Gasteiger partial charge in [-0.15, -0.1) is 0 Å². The van der Waals surface area contributed by atoms with Crippen LogP contribution < -0.4 is 10.1 Å². The highest BCUT2D eigenvalue weighted by Crippen LogP contribution is 2.35. The van der Waals surface area contributed by atoms with E-state index in [9.17, 15) is 4.79 Å². The fourth-order valence-corrected chi connectivity index (χ4v) is 4.64. The van der Waals surface area contributed by atoms with E-state index in [4.69, 9.17) is 33.0 Å². The maximum Gasteiger partial charge on any atom is 0.342 e. The Morgan fingerprint density at radius 3 is 2.41 bits per heavy atom. The van der Waals surface area contributed by atoms with Gasteiger partial charge in [0.15, 0.2) is 0 Å². The molecule has 7 heteroatoms. The quantitative estimate of drug-likeness (QED) is 0.421. The third kappa shape index (κ3) is 4.77. The largest absolute Gasteiger partial charge is 0.488 e. The van der Waals surface area contributed by atoms with Crippen molar-refractivity contribution in [2.75, 3.05) is 11.9 Å². The van der Waals surface area contributed by atoms with E-state index in [1.54, 1.807) is 0 Å². The minimum atomic E-state index is -0.278. The number of hydrazone groups is 1. The smallest absolute Gasteiger partial charge is 0.342 e. The fraction of sp³-hybridized carbons (Fsp3) is 0.259. The van der Waals surface area contributed by atoms with E-state index in [1.807, 2.05) is 66.7 Å². The first-order valence-electron chi connectivity index (χ1n) is 11.3. The fourth-order valence-electron chi connectivity index (χ4n) is 4.39. The van der Waals surface area contributed by atoms with Gasteiger partial charge < -0.3 is 10.1 Å². The molecule has 0 aromatic heterocycles. The summed E-state index contributed by atoms with van der Waals surface area (Å²) in [5.74, 6) is 0.796. The number of aryl methyl sites for hydroxylation is 1. The number of nitrogens with one attached hydrogen (secondary N) is 1. The molecule has 3 aromatic rings. The minimum absolute atomic E-state index is 0.0802. The summed E-state index contributed by atoms with van der Waals surface area (Å²) in [7, 11) is 0. The molecule has 1 N–H and O–H groups in total. The van der Waals surface area contributed by atoms with Crippen molar-refractivity contribution in [3.8, 4) is 5.75 Å². The van der Waals surface area contributed by atoms with E-state index < -0.39 is 0 Å². The van der Waals surface area contributed by atoms with Gasteiger partial charge >= 0.3 is 6.03 Å². The summed E-state index contributed by atoms with van der Waals surface area (Å²) < 4.78 is 6.06. The van der Waals surface area contributed by atoms with Crippen molar-refractivity contribution < 1.29 is 9.53 Å². The molecule has 0 radical (unpaired) electrons. The van der Waals surface area contributed by atoms with Gasteiger partial charge in [0.25, 0.3) is 0 Å². The van der Waals surface area contributed by atoms with Crippen molar-refractivity contribution in [1.82, 2.24) is 5.01 Å². The molecule has 0 saturated heterocycles. The molecule has 0 spiro atoms. The second kappa shape index (κ2) is 8.97. The molecule has 0 aliphatic carbocycles. The first-order valence-corrected chi connectivity index (χ1v) is 12.0. The number of benzene rings is 3. The predicted octanol–water partition coefficient (Wildman–Crippen LogP) is 7.13. The van der Waals surface area contributed by atoms with Crippen LogP contribution in [0, 0.1) is 0 Å². The van der Waals surface area contributed by atoms with E-state index in [2.05, 4.69) is 19.2 Å². The maximum atomic E-state index is 13.2. The average Bonchev–Trinajstić information content (AvgIpc) is 3.25. The molecule has 0 saturated carbocycles. The van der Waals surface area contributed by atoms with Crippen molar-refractivity contribution >= 4 is 40.6 Å². The first-order chi connectivity index (χ1) is 16.3. The van der Waals surface area contributed by atoms with Crippen LogP contribution >= 0.6 is 23.2 Å². The lowest BCUT2D eigenvalue weighted by Gasteiger charge is -2.32. The van der Waals surface area contributed by atoms with Crippen molar-refractivity contribution in [1.29, 1.82) is 0 Å². The average molecular weight is 494 g/mol. The van der Waals surface area contributed by atoms with Crippen molar-refractivity contribution in [2.45, 2.75) is 38.2 Å². The molecule has 2 aliphatic heterocycles. The number of rotatable bonds is 3. The molecule has 34 heavy (non-hydrogen) atoms. The Morgan fingerprint density at radius 1 is 1.03 bits per heavy atom. The summed E-state index contributed by atoms with van der Waals surface area (Å²) in [5, 5.41) is 10.5. The Hall–Kier alpha value is -3.02. The van der Waals surface area contributed by atoms with Gasteiger partial charge in [-0.05, 0) is 85.8 Å². The Balaban J connectivity index is 1.39. The number of nitrogens with zero attached hydrogens (tertiary/aromatic N) is 2. The lowest BCUT2D eigenvalue weighted by molar-refractivity contribution is 0.0847. The number of amides is 2. The zero-order chi connectivity index (χ0) is 23.9. The molecule has 5 nitrogen and oxygen atoms in total. The number of fused-ring (bicyclic) bond motifs is 1. The zero-order valence-electron chi connectivity index (χ0n) is 19.0. The Bertz CT molecular complexity index is 1250. The second-order valence-corrected chi connectivity index (χ2v) is 10.2. The SMILES string of the molecule is CC1(C)CCc2cc(NC(=O)N3CC(c4ccc(Cl)cc4)C(c4ccc(Cl)cc4)=N3)ccc2O1. The number of hydrogen-bond acceptors (Lipinski definition) is 3. The molecular weight excluding hydrogens is 469 g/mol. The minimum Gasteiger partial charge on any atom is -0.488 e. The number of halogens is 2. The highest BCUT2D eigenvalue weighted by atomic mass is 35.5. The van der Waals surface area contributed by atoms with Crippen LogP contribution in [0.5, 0.6) is 5.75 Å². The van der Waals surface area contributed by atoms with E-state index in [0.29, 0.717) is 16.6 Å². The first kappa shape index (κ1) is 22.8. The van der Waals surface area contributed by atoms with Gasteiger partial charge in [0.05, 0.1) is 12.3 Å². The molecule has 174 valence electrons. The molecule has 2 amide bonds. The summed E-state index contributed by atoms with van der Waals surface area (Å²) >= 11 is 12.2. The van der Waals surface area contributed by atoms with Gasteiger partial charge in [0.1, 0.15) is 11.4 Å². The standard InChI is InChI=1S/C27H25Cl2N3O2/c1-27(2)14-13-19-15-22(11-12-24(19)34-27)30-26(33)32-16-23(17-3-7-20(28)8-4-17)25(31-32)18-5-9-21(29)10-6-18/h3-12,15,23H,13-14,16H2,1-2H3,(H,30,33). The third-order valence-electron chi connectivity index (χ3n) is 6.26. The van der Waals surface area contributed by atoms with Crippen LogP contribution in [0.1, 0.15) is 42.9 Å². The summed E-state index contributed by atoms with van der Waals surface area (Å²) in [6, 6.07) is 20.7. The van der Waals surface area contributed by atoms with Crippen LogP contribution in [0.15, 0.2) is 71.8 Å². The van der Waals surface area contributed by atoms with Gasteiger partial charge in [-0.2, -0.15) is 5.10 Å². The van der Waals surface area contributed by atoms with Gasteiger partial charge in [-0.1, -0.05) is 47.5 Å². The van der Waals surface area contributed by atoms with Gasteiger partial charge in [-0.25, -0.2) is 9.80 Å². The van der Waals surface area contributed by atoms with E-state index in [-0.39, 0.29) is 17.6 Å². The topological polar surface area (TPSA) is 53.9 Å². The van der Waals surface area contributed by atoms with Gasteiger partial charge in [0, 0.05) is 21.7 Å². The molecule has 1 unspecified atom stereocenters.